The Morgan fingerprint density at radius 2 is 2.00 bits per heavy atom. The van der Waals surface area contributed by atoms with Crippen LogP contribution in [0, 0.1) is 17.2 Å². The normalized spacial score (nSPS) is 20.6. The molecule has 1 atom stereocenters. The van der Waals surface area contributed by atoms with Crippen molar-refractivity contribution in [3.63, 3.8) is 0 Å². The molecule has 96 valence electrons. The zero-order chi connectivity index (χ0) is 12.9. The van der Waals surface area contributed by atoms with E-state index < -0.39 is 5.54 Å². The van der Waals surface area contributed by atoms with E-state index in [1.165, 1.54) is 19.3 Å². The summed E-state index contributed by atoms with van der Waals surface area (Å²) in [5.41, 5.74) is -0.757. The first-order valence-corrected chi connectivity index (χ1v) is 6.42. The number of rotatable bonds is 4. The molecule has 1 N–H and O–H groups in total. The summed E-state index contributed by atoms with van der Waals surface area (Å²) in [5.74, 6) is 0.0717. The molecule has 0 radical (unpaired) electrons. The summed E-state index contributed by atoms with van der Waals surface area (Å²) in [4.78, 5) is 14.0. The molecule has 0 spiro atoms. The average Bonchev–Trinajstić information content (AvgIpc) is 2.29. The Morgan fingerprint density at radius 3 is 2.47 bits per heavy atom. The maximum Gasteiger partial charge on any atom is 0.235 e. The molecule has 4 heteroatoms. The van der Waals surface area contributed by atoms with Gasteiger partial charge in [-0.15, -0.1) is 0 Å². The van der Waals surface area contributed by atoms with Gasteiger partial charge >= 0.3 is 0 Å². The third-order valence-electron chi connectivity index (χ3n) is 3.60. The van der Waals surface area contributed by atoms with Crippen LogP contribution < -0.4 is 5.32 Å². The molecule has 1 fully saturated rings. The molecule has 1 saturated heterocycles. The van der Waals surface area contributed by atoms with Crippen molar-refractivity contribution in [2.24, 2.45) is 5.92 Å². The zero-order valence-corrected chi connectivity index (χ0v) is 11.1. The largest absolute Gasteiger partial charge is 0.337 e. The van der Waals surface area contributed by atoms with Crippen molar-refractivity contribution < 1.29 is 4.79 Å². The van der Waals surface area contributed by atoms with E-state index in [4.69, 9.17) is 5.26 Å². The third-order valence-corrected chi connectivity index (χ3v) is 3.60. The minimum absolute atomic E-state index is 0.0374. The lowest BCUT2D eigenvalue weighted by Crippen LogP contribution is -2.52. The van der Waals surface area contributed by atoms with Crippen LogP contribution >= 0.6 is 0 Å². The van der Waals surface area contributed by atoms with E-state index >= 15 is 0 Å². The highest BCUT2D eigenvalue weighted by Crippen LogP contribution is 2.15. The second-order valence-corrected chi connectivity index (χ2v) is 5.35. The van der Waals surface area contributed by atoms with E-state index in [0.717, 1.165) is 13.1 Å². The van der Waals surface area contributed by atoms with Gasteiger partial charge < -0.3 is 5.32 Å². The molecule has 0 aromatic heterocycles. The van der Waals surface area contributed by atoms with E-state index in [1.807, 2.05) is 13.8 Å². The summed E-state index contributed by atoms with van der Waals surface area (Å²) in [7, 11) is 0. The summed E-state index contributed by atoms with van der Waals surface area (Å²) in [5, 5.41) is 12.0. The minimum atomic E-state index is -0.757. The lowest BCUT2D eigenvalue weighted by Gasteiger charge is -2.30. The highest BCUT2D eigenvalue weighted by Gasteiger charge is 2.30. The number of hydrogen-bond donors (Lipinski definition) is 1. The van der Waals surface area contributed by atoms with Gasteiger partial charge in [-0.2, -0.15) is 5.26 Å². The Balaban J connectivity index is 2.45. The first kappa shape index (κ1) is 14.0. The van der Waals surface area contributed by atoms with Crippen LogP contribution in [-0.4, -0.2) is 36.0 Å². The van der Waals surface area contributed by atoms with Crippen LogP contribution in [0.15, 0.2) is 0 Å². The number of nitrogens with one attached hydrogen (secondary N) is 1. The van der Waals surface area contributed by atoms with Crippen molar-refractivity contribution in [1.82, 2.24) is 10.2 Å². The molecule has 1 aliphatic heterocycles. The Hall–Kier alpha value is -1.08. The predicted octanol–water partition coefficient (Wildman–Crippen LogP) is 1.53. The van der Waals surface area contributed by atoms with Crippen LogP contribution in [0.4, 0.5) is 0 Å². The number of carbonyl (C=O) groups excluding carboxylic acids is 1. The number of nitrogens with zero attached hydrogens (tertiary/aromatic N) is 2. The maximum absolute atomic E-state index is 11.9. The zero-order valence-electron chi connectivity index (χ0n) is 11.1. The standard InChI is InChI=1S/C13H23N3O/c1-11(2)13(3,10-14)15-12(17)9-16-7-5-4-6-8-16/h11H,4-9H2,1-3H3,(H,15,17)/t13-/m0/s1. The van der Waals surface area contributed by atoms with Gasteiger partial charge in [0.15, 0.2) is 0 Å². The molecule has 0 unspecified atom stereocenters. The van der Waals surface area contributed by atoms with Crippen LogP contribution in [0.1, 0.15) is 40.0 Å². The smallest absolute Gasteiger partial charge is 0.235 e. The summed E-state index contributed by atoms with van der Waals surface area (Å²) < 4.78 is 0. The van der Waals surface area contributed by atoms with Crippen LogP contribution in [0.25, 0.3) is 0 Å². The highest BCUT2D eigenvalue weighted by molar-refractivity contribution is 5.79. The molecule has 1 heterocycles. The Morgan fingerprint density at radius 1 is 1.41 bits per heavy atom. The third kappa shape index (κ3) is 4.01. The second-order valence-electron chi connectivity index (χ2n) is 5.35. The number of likely N-dealkylation sites (tertiary alicyclic amines) is 1. The lowest BCUT2D eigenvalue weighted by atomic mass is 9.90. The van der Waals surface area contributed by atoms with Crippen molar-refractivity contribution in [1.29, 1.82) is 5.26 Å². The average molecular weight is 237 g/mol. The van der Waals surface area contributed by atoms with E-state index in [1.54, 1.807) is 6.92 Å². The van der Waals surface area contributed by atoms with Crippen molar-refractivity contribution in [2.45, 2.75) is 45.6 Å². The lowest BCUT2D eigenvalue weighted by molar-refractivity contribution is -0.124. The van der Waals surface area contributed by atoms with Crippen LogP contribution in [0.3, 0.4) is 0 Å². The number of nitriles is 1. The van der Waals surface area contributed by atoms with E-state index in [0.29, 0.717) is 6.54 Å². The molecule has 0 saturated carbocycles. The molecular formula is C13H23N3O. The molecule has 17 heavy (non-hydrogen) atoms. The quantitative estimate of drug-likeness (QED) is 0.806. The predicted molar refractivity (Wildman–Crippen MR) is 67.3 cm³/mol. The Kier molecular flexibility index (Phi) is 4.95. The van der Waals surface area contributed by atoms with Gasteiger partial charge in [0.1, 0.15) is 5.54 Å². The van der Waals surface area contributed by atoms with E-state index in [-0.39, 0.29) is 11.8 Å². The second kappa shape index (κ2) is 6.02. The van der Waals surface area contributed by atoms with Crippen molar-refractivity contribution in [2.75, 3.05) is 19.6 Å². The molecule has 0 aromatic carbocycles. The molecule has 1 rings (SSSR count). The highest BCUT2D eigenvalue weighted by atomic mass is 16.2. The topological polar surface area (TPSA) is 56.1 Å². The number of amides is 1. The van der Waals surface area contributed by atoms with Crippen molar-refractivity contribution in [3.05, 3.63) is 0 Å². The molecule has 1 aliphatic rings. The maximum atomic E-state index is 11.9. The van der Waals surface area contributed by atoms with Crippen LogP contribution in [-0.2, 0) is 4.79 Å². The van der Waals surface area contributed by atoms with Gasteiger partial charge in [-0.1, -0.05) is 20.3 Å². The molecule has 0 aliphatic carbocycles. The van der Waals surface area contributed by atoms with Gasteiger partial charge in [-0.05, 0) is 38.8 Å². The monoisotopic (exact) mass is 237 g/mol. The first-order valence-electron chi connectivity index (χ1n) is 6.42. The SMILES string of the molecule is CC(C)[C@](C)(C#N)NC(=O)CN1CCCCC1. The fourth-order valence-corrected chi connectivity index (χ4v) is 1.95. The minimum Gasteiger partial charge on any atom is -0.337 e. The van der Waals surface area contributed by atoms with E-state index in [9.17, 15) is 4.79 Å². The summed E-state index contributed by atoms with van der Waals surface area (Å²) in [6.45, 7) is 8.10. The molecule has 0 bridgehead atoms. The molecule has 0 aromatic rings. The Bertz CT molecular complexity index is 302. The summed E-state index contributed by atoms with van der Waals surface area (Å²) in [6.07, 6.45) is 3.61. The molecule has 4 nitrogen and oxygen atoms in total. The fourth-order valence-electron chi connectivity index (χ4n) is 1.95. The number of carbonyl (C=O) groups is 1. The summed E-state index contributed by atoms with van der Waals surface area (Å²) >= 11 is 0. The fraction of sp³-hybridized carbons (Fsp3) is 0.846. The van der Waals surface area contributed by atoms with Gasteiger partial charge in [0.05, 0.1) is 12.6 Å². The van der Waals surface area contributed by atoms with Gasteiger partial charge in [0, 0.05) is 0 Å². The van der Waals surface area contributed by atoms with Gasteiger partial charge in [-0.3, -0.25) is 9.69 Å². The van der Waals surface area contributed by atoms with E-state index in [2.05, 4.69) is 16.3 Å². The van der Waals surface area contributed by atoms with Gasteiger partial charge in [0.2, 0.25) is 5.91 Å². The van der Waals surface area contributed by atoms with Crippen LogP contribution in [0.2, 0.25) is 0 Å². The molecular weight excluding hydrogens is 214 g/mol. The van der Waals surface area contributed by atoms with Gasteiger partial charge in [0.25, 0.3) is 0 Å². The van der Waals surface area contributed by atoms with Crippen LogP contribution in [0.5, 0.6) is 0 Å². The van der Waals surface area contributed by atoms with Gasteiger partial charge in [-0.25, -0.2) is 0 Å². The number of hydrogen-bond acceptors (Lipinski definition) is 3. The molecule has 1 amide bonds. The first-order chi connectivity index (χ1) is 7.98. The number of piperidine rings is 1. The van der Waals surface area contributed by atoms with Crippen molar-refractivity contribution >= 4 is 5.91 Å². The summed E-state index contributed by atoms with van der Waals surface area (Å²) in [6, 6.07) is 2.20. The van der Waals surface area contributed by atoms with Crippen molar-refractivity contribution in [3.8, 4) is 6.07 Å². The Labute approximate surface area is 104 Å².